The van der Waals surface area contributed by atoms with Crippen LogP contribution in [-0.4, -0.2) is 11.9 Å². The average molecular weight is 337 g/mol. The van der Waals surface area contributed by atoms with Crippen molar-refractivity contribution >= 4 is 15.9 Å². The van der Waals surface area contributed by atoms with E-state index in [4.69, 9.17) is 4.74 Å². The molecule has 0 amide bonds. The number of halogens is 2. The number of hydrogen-bond donors (Lipinski definition) is 0. The molecule has 0 aliphatic carbocycles. The fourth-order valence-electron chi connectivity index (χ4n) is 2.10. The van der Waals surface area contributed by atoms with E-state index >= 15 is 0 Å². The summed E-state index contributed by atoms with van der Waals surface area (Å²) in [7, 11) is 0. The molecule has 0 radical (unpaired) electrons. The van der Waals surface area contributed by atoms with Gasteiger partial charge >= 0.3 is 0 Å². The van der Waals surface area contributed by atoms with Crippen LogP contribution in [0.1, 0.15) is 24.3 Å². The van der Waals surface area contributed by atoms with E-state index in [1.54, 1.807) is 0 Å². The van der Waals surface area contributed by atoms with Crippen LogP contribution in [0.4, 0.5) is 4.39 Å². The number of hydrogen-bond acceptors (Lipinski definition) is 1. The maximum Gasteiger partial charge on any atom is 0.123 e. The van der Waals surface area contributed by atoms with Crippen molar-refractivity contribution in [2.75, 3.05) is 11.9 Å². The fourth-order valence-corrected chi connectivity index (χ4v) is 2.80. The Morgan fingerprint density at radius 1 is 1.00 bits per heavy atom. The highest BCUT2D eigenvalue weighted by molar-refractivity contribution is 9.09. The summed E-state index contributed by atoms with van der Waals surface area (Å²) in [5.74, 6) is 1.12. The summed E-state index contributed by atoms with van der Waals surface area (Å²) in [5, 5.41) is 0.879. The Balaban J connectivity index is 1.78. The van der Waals surface area contributed by atoms with Crippen LogP contribution in [0.2, 0.25) is 0 Å². The first-order chi connectivity index (χ1) is 9.79. The van der Waals surface area contributed by atoms with Crippen LogP contribution in [0.25, 0.3) is 0 Å². The normalized spacial score (nSPS) is 12.1. The molecule has 1 atom stereocenters. The number of ether oxygens (including phenoxy) is 1. The van der Waals surface area contributed by atoms with Crippen molar-refractivity contribution in [3.63, 3.8) is 0 Å². The summed E-state index contributed by atoms with van der Waals surface area (Å²) in [4.78, 5) is 0. The molecular formula is C17H18BrFO. The Morgan fingerprint density at radius 3 is 2.35 bits per heavy atom. The highest BCUT2D eigenvalue weighted by Crippen LogP contribution is 2.24. The highest BCUT2D eigenvalue weighted by Gasteiger charge is 2.10. The van der Waals surface area contributed by atoms with Crippen LogP contribution in [0, 0.1) is 5.82 Å². The van der Waals surface area contributed by atoms with Gasteiger partial charge in [-0.2, -0.15) is 0 Å². The lowest BCUT2D eigenvalue weighted by Gasteiger charge is -2.14. The zero-order valence-corrected chi connectivity index (χ0v) is 12.9. The lowest BCUT2D eigenvalue weighted by atomic mass is 9.96. The van der Waals surface area contributed by atoms with Gasteiger partial charge in [0.15, 0.2) is 0 Å². The van der Waals surface area contributed by atoms with Crippen LogP contribution in [-0.2, 0) is 0 Å². The second kappa shape index (κ2) is 8.05. The van der Waals surface area contributed by atoms with Gasteiger partial charge in [-0.15, -0.1) is 0 Å². The number of rotatable bonds is 7. The van der Waals surface area contributed by atoms with Gasteiger partial charge in [0, 0.05) is 5.33 Å². The summed E-state index contributed by atoms with van der Waals surface area (Å²) >= 11 is 3.53. The first-order valence-corrected chi connectivity index (χ1v) is 7.91. The molecule has 106 valence electrons. The van der Waals surface area contributed by atoms with Crippen LogP contribution in [0.5, 0.6) is 5.75 Å². The molecule has 0 aliphatic rings. The van der Waals surface area contributed by atoms with Crippen LogP contribution in [0.15, 0.2) is 54.6 Å². The van der Waals surface area contributed by atoms with Crippen molar-refractivity contribution in [1.82, 2.24) is 0 Å². The van der Waals surface area contributed by atoms with Crippen molar-refractivity contribution in [3.05, 3.63) is 66.0 Å². The topological polar surface area (TPSA) is 9.23 Å². The Morgan fingerprint density at radius 2 is 1.70 bits per heavy atom. The highest BCUT2D eigenvalue weighted by atomic mass is 79.9. The molecule has 0 heterocycles. The van der Waals surface area contributed by atoms with Crippen molar-refractivity contribution in [2.45, 2.75) is 18.8 Å². The third kappa shape index (κ3) is 4.64. The minimum Gasteiger partial charge on any atom is -0.494 e. The van der Waals surface area contributed by atoms with Gasteiger partial charge in [-0.1, -0.05) is 46.3 Å². The smallest absolute Gasteiger partial charge is 0.123 e. The Kier molecular flexibility index (Phi) is 6.06. The number of benzene rings is 2. The molecule has 0 bridgehead atoms. The average Bonchev–Trinajstić information content (AvgIpc) is 2.50. The molecule has 0 N–H and O–H groups in total. The van der Waals surface area contributed by atoms with E-state index in [1.165, 1.54) is 17.7 Å². The predicted octanol–water partition coefficient (Wildman–Crippen LogP) is 5.16. The van der Waals surface area contributed by atoms with Gasteiger partial charge < -0.3 is 4.74 Å². The molecule has 2 aromatic rings. The van der Waals surface area contributed by atoms with Gasteiger partial charge in [-0.3, -0.25) is 0 Å². The molecule has 0 aliphatic heterocycles. The molecular weight excluding hydrogens is 319 g/mol. The molecule has 0 saturated heterocycles. The molecule has 0 saturated carbocycles. The fraction of sp³-hybridized carbons (Fsp3) is 0.294. The van der Waals surface area contributed by atoms with Crippen LogP contribution in [0.3, 0.4) is 0 Å². The van der Waals surface area contributed by atoms with Gasteiger partial charge in [-0.05, 0) is 48.6 Å². The maximum atomic E-state index is 12.9. The minimum atomic E-state index is -0.186. The molecule has 0 spiro atoms. The summed E-state index contributed by atoms with van der Waals surface area (Å²) in [6.45, 7) is 0.703. The summed E-state index contributed by atoms with van der Waals surface area (Å²) < 4.78 is 18.6. The molecule has 2 aromatic carbocycles. The van der Waals surface area contributed by atoms with E-state index in [1.807, 2.05) is 42.5 Å². The van der Waals surface area contributed by atoms with Crippen LogP contribution < -0.4 is 4.74 Å². The zero-order valence-electron chi connectivity index (χ0n) is 11.3. The van der Waals surface area contributed by atoms with E-state index in [0.29, 0.717) is 12.5 Å². The van der Waals surface area contributed by atoms with Crippen molar-refractivity contribution < 1.29 is 9.13 Å². The molecule has 1 nitrogen and oxygen atoms in total. The van der Waals surface area contributed by atoms with Crippen molar-refractivity contribution in [2.24, 2.45) is 0 Å². The first kappa shape index (κ1) is 15.0. The monoisotopic (exact) mass is 336 g/mol. The molecule has 2 rings (SSSR count). The quantitative estimate of drug-likeness (QED) is 0.501. The van der Waals surface area contributed by atoms with Gasteiger partial charge in [0.05, 0.1) is 6.61 Å². The van der Waals surface area contributed by atoms with E-state index in [9.17, 15) is 4.39 Å². The second-order valence-corrected chi connectivity index (χ2v) is 5.35. The first-order valence-electron chi connectivity index (χ1n) is 6.79. The summed E-state index contributed by atoms with van der Waals surface area (Å²) in [6, 6.07) is 16.6. The van der Waals surface area contributed by atoms with E-state index in [0.717, 1.165) is 23.9 Å². The Bertz CT molecular complexity index is 498. The van der Waals surface area contributed by atoms with E-state index in [-0.39, 0.29) is 5.82 Å². The molecule has 0 aromatic heterocycles. The third-order valence-corrected chi connectivity index (χ3v) is 4.02. The minimum absolute atomic E-state index is 0.186. The Labute approximate surface area is 127 Å². The number of para-hydroxylation sites is 1. The molecule has 20 heavy (non-hydrogen) atoms. The second-order valence-electron chi connectivity index (χ2n) is 4.71. The lowest BCUT2D eigenvalue weighted by Crippen LogP contribution is -2.04. The van der Waals surface area contributed by atoms with E-state index in [2.05, 4.69) is 15.9 Å². The largest absolute Gasteiger partial charge is 0.494 e. The SMILES string of the molecule is Fc1ccc(C(CBr)CCCOc2ccccc2)cc1. The summed E-state index contributed by atoms with van der Waals surface area (Å²) in [6.07, 6.45) is 1.99. The molecule has 0 fully saturated rings. The van der Waals surface area contributed by atoms with Gasteiger partial charge in [0.25, 0.3) is 0 Å². The van der Waals surface area contributed by atoms with Crippen molar-refractivity contribution in [1.29, 1.82) is 0 Å². The molecule has 1 unspecified atom stereocenters. The van der Waals surface area contributed by atoms with Crippen LogP contribution >= 0.6 is 15.9 Å². The van der Waals surface area contributed by atoms with Crippen molar-refractivity contribution in [3.8, 4) is 5.75 Å². The zero-order chi connectivity index (χ0) is 14.2. The number of alkyl halides is 1. The Hall–Kier alpha value is -1.35. The predicted molar refractivity (Wildman–Crippen MR) is 84.1 cm³/mol. The van der Waals surface area contributed by atoms with E-state index < -0.39 is 0 Å². The lowest BCUT2D eigenvalue weighted by molar-refractivity contribution is 0.303. The maximum absolute atomic E-state index is 12.9. The summed E-state index contributed by atoms with van der Waals surface area (Å²) in [5.41, 5.74) is 1.17. The van der Waals surface area contributed by atoms with Gasteiger partial charge in [0.2, 0.25) is 0 Å². The standard InChI is InChI=1S/C17H18BrFO/c18-13-15(14-8-10-16(19)11-9-14)5-4-12-20-17-6-2-1-3-7-17/h1-3,6-11,15H,4-5,12-13H2. The van der Waals surface area contributed by atoms with Gasteiger partial charge in [-0.25, -0.2) is 4.39 Å². The third-order valence-electron chi connectivity index (χ3n) is 3.24. The molecule has 3 heteroatoms. The van der Waals surface area contributed by atoms with Gasteiger partial charge in [0.1, 0.15) is 11.6 Å².